The summed E-state index contributed by atoms with van der Waals surface area (Å²) in [5.41, 5.74) is 2.20. The maximum absolute atomic E-state index is 11.6. The zero-order chi connectivity index (χ0) is 19.3. The molecule has 1 aromatic heterocycles. The molecule has 2 aromatic carbocycles. The van der Waals surface area contributed by atoms with E-state index < -0.39 is 5.43 Å². The first-order chi connectivity index (χ1) is 13.7. The average Bonchev–Trinajstić information content (AvgIpc) is 2.74. The normalized spacial score (nSPS) is 15.8. The molecule has 2 heterocycles. The Bertz CT molecular complexity index is 909. The topological polar surface area (TPSA) is 56.9 Å². The molecule has 144 valence electrons. The van der Waals surface area contributed by atoms with Gasteiger partial charge in [-0.1, -0.05) is 60.7 Å². The van der Waals surface area contributed by atoms with Gasteiger partial charge in [-0.2, -0.15) is 0 Å². The quantitative estimate of drug-likeness (QED) is 0.741. The van der Waals surface area contributed by atoms with E-state index in [1.54, 1.807) is 0 Å². The molecule has 0 atom stereocenters. The minimum atomic E-state index is -0.395. The van der Waals surface area contributed by atoms with Gasteiger partial charge in [-0.25, -0.2) is 0 Å². The molecule has 1 aliphatic rings. The van der Waals surface area contributed by atoms with Crippen molar-refractivity contribution in [3.63, 3.8) is 0 Å². The third-order valence-electron chi connectivity index (χ3n) is 5.25. The number of piperazine rings is 1. The van der Waals surface area contributed by atoms with Gasteiger partial charge in [0.15, 0.2) is 5.75 Å². The van der Waals surface area contributed by atoms with Gasteiger partial charge in [0, 0.05) is 32.2 Å². The van der Waals surface area contributed by atoms with E-state index in [1.165, 1.54) is 17.2 Å². The predicted molar refractivity (Wildman–Crippen MR) is 108 cm³/mol. The second-order valence-corrected chi connectivity index (χ2v) is 7.13. The summed E-state index contributed by atoms with van der Waals surface area (Å²) < 4.78 is 5.35. The minimum Gasteiger partial charge on any atom is -0.502 e. The maximum atomic E-state index is 11.6. The lowest BCUT2D eigenvalue weighted by Gasteiger charge is -2.39. The molecule has 0 spiro atoms. The van der Waals surface area contributed by atoms with Gasteiger partial charge in [-0.15, -0.1) is 0 Å². The highest BCUT2D eigenvalue weighted by atomic mass is 16.4. The molecule has 28 heavy (non-hydrogen) atoms. The lowest BCUT2D eigenvalue weighted by atomic mass is 9.96. The summed E-state index contributed by atoms with van der Waals surface area (Å²) in [5.74, 6) is 0.237. The van der Waals surface area contributed by atoms with Gasteiger partial charge in [-0.05, 0) is 11.1 Å². The molecular weight excluding hydrogens is 352 g/mol. The van der Waals surface area contributed by atoms with Crippen LogP contribution in [-0.4, -0.2) is 41.1 Å². The fraction of sp³-hybridized carbons (Fsp3) is 0.261. The summed E-state index contributed by atoms with van der Waals surface area (Å²) in [7, 11) is 0. The fourth-order valence-corrected chi connectivity index (χ4v) is 3.81. The van der Waals surface area contributed by atoms with Crippen molar-refractivity contribution in [2.45, 2.75) is 12.6 Å². The minimum absolute atomic E-state index is 0.233. The summed E-state index contributed by atoms with van der Waals surface area (Å²) in [6.07, 6.45) is 1.12. The highest BCUT2D eigenvalue weighted by Crippen LogP contribution is 2.29. The van der Waals surface area contributed by atoms with Crippen molar-refractivity contribution in [3.05, 3.63) is 100 Å². The van der Waals surface area contributed by atoms with E-state index in [1.807, 2.05) is 0 Å². The van der Waals surface area contributed by atoms with Gasteiger partial charge >= 0.3 is 0 Å². The monoisotopic (exact) mass is 376 g/mol. The second-order valence-electron chi connectivity index (χ2n) is 7.13. The summed E-state index contributed by atoms with van der Waals surface area (Å²) in [6, 6.07) is 22.8. The number of hydrogen-bond donors (Lipinski definition) is 1. The van der Waals surface area contributed by atoms with Crippen molar-refractivity contribution in [1.82, 2.24) is 9.80 Å². The Balaban J connectivity index is 1.47. The first-order valence-electron chi connectivity index (χ1n) is 9.58. The fourth-order valence-electron chi connectivity index (χ4n) is 3.81. The molecule has 0 radical (unpaired) electrons. The summed E-state index contributed by atoms with van der Waals surface area (Å²) in [6.45, 7) is 4.21. The van der Waals surface area contributed by atoms with E-state index in [0.29, 0.717) is 12.3 Å². The second kappa shape index (κ2) is 8.42. The van der Waals surface area contributed by atoms with Crippen molar-refractivity contribution in [3.8, 4) is 5.75 Å². The first-order valence-corrected chi connectivity index (χ1v) is 9.58. The number of aromatic hydroxyl groups is 1. The van der Waals surface area contributed by atoms with E-state index in [9.17, 15) is 9.90 Å². The van der Waals surface area contributed by atoms with Crippen LogP contribution in [0.4, 0.5) is 0 Å². The zero-order valence-electron chi connectivity index (χ0n) is 15.7. The van der Waals surface area contributed by atoms with Crippen molar-refractivity contribution >= 4 is 0 Å². The molecule has 5 nitrogen and oxygen atoms in total. The lowest BCUT2D eigenvalue weighted by molar-refractivity contribution is 0.0991. The largest absolute Gasteiger partial charge is 0.502 e. The van der Waals surface area contributed by atoms with Crippen LogP contribution in [0.25, 0.3) is 0 Å². The molecule has 1 N–H and O–H groups in total. The van der Waals surface area contributed by atoms with Crippen molar-refractivity contribution in [1.29, 1.82) is 0 Å². The predicted octanol–water partition coefficient (Wildman–Crippen LogP) is 3.25. The van der Waals surface area contributed by atoms with E-state index >= 15 is 0 Å². The van der Waals surface area contributed by atoms with Crippen LogP contribution in [0.3, 0.4) is 0 Å². The Hall–Kier alpha value is -2.89. The SMILES string of the molecule is O=c1cc(CN2CCN(C(c3ccccc3)c3ccccc3)CC2)occ1O. The van der Waals surface area contributed by atoms with Gasteiger partial charge in [0.2, 0.25) is 5.43 Å². The number of benzene rings is 2. The van der Waals surface area contributed by atoms with Crippen LogP contribution in [0.15, 0.2) is 82.2 Å². The first kappa shape index (κ1) is 18.5. The Morgan fingerprint density at radius 1 is 0.893 bits per heavy atom. The molecule has 5 heteroatoms. The Labute approximate surface area is 164 Å². The molecule has 1 aliphatic heterocycles. The van der Waals surface area contributed by atoms with Gasteiger partial charge in [0.1, 0.15) is 12.0 Å². The number of rotatable bonds is 5. The molecule has 0 unspecified atom stereocenters. The van der Waals surface area contributed by atoms with Crippen molar-refractivity contribution in [2.24, 2.45) is 0 Å². The van der Waals surface area contributed by atoms with Crippen LogP contribution < -0.4 is 5.43 Å². The van der Waals surface area contributed by atoms with Gasteiger partial charge in [0.05, 0.1) is 12.6 Å². The van der Waals surface area contributed by atoms with E-state index in [4.69, 9.17) is 4.42 Å². The maximum Gasteiger partial charge on any atom is 0.226 e. The molecule has 0 aliphatic carbocycles. The summed E-state index contributed by atoms with van der Waals surface area (Å²) >= 11 is 0. The van der Waals surface area contributed by atoms with Crippen LogP contribution in [-0.2, 0) is 6.54 Å². The van der Waals surface area contributed by atoms with Crippen LogP contribution in [0.1, 0.15) is 22.9 Å². The molecule has 3 aromatic rings. The average molecular weight is 376 g/mol. The highest BCUT2D eigenvalue weighted by Gasteiger charge is 2.26. The van der Waals surface area contributed by atoms with E-state index in [-0.39, 0.29) is 11.8 Å². The van der Waals surface area contributed by atoms with Gasteiger partial charge in [0.25, 0.3) is 0 Å². The van der Waals surface area contributed by atoms with E-state index in [2.05, 4.69) is 70.5 Å². The van der Waals surface area contributed by atoms with Crippen LogP contribution in [0.5, 0.6) is 5.75 Å². The zero-order valence-corrected chi connectivity index (χ0v) is 15.7. The van der Waals surface area contributed by atoms with Crippen LogP contribution in [0.2, 0.25) is 0 Å². The highest BCUT2D eigenvalue weighted by molar-refractivity contribution is 5.32. The van der Waals surface area contributed by atoms with Gasteiger partial charge in [-0.3, -0.25) is 14.6 Å². The van der Waals surface area contributed by atoms with E-state index in [0.717, 1.165) is 32.4 Å². The van der Waals surface area contributed by atoms with Crippen molar-refractivity contribution in [2.75, 3.05) is 26.2 Å². The molecular formula is C23H24N2O3. The molecule has 4 rings (SSSR count). The number of hydrogen-bond acceptors (Lipinski definition) is 5. The third-order valence-corrected chi connectivity index (χ3v) is 5.25. The Kier molecular flexibility index (Phi) is 5.55. The Morgan fingerprint density at radius 3 is 2.00 bits per heavy atom. The van der Waals surface area contributed by atoms with Crippen LogP contribution >= 0.6 is 0 Å². The molecule has 0 bridgehead atoms. The third kappa shape index (κ3) is 4.16. The summed E-state index contributed by atoms with van der Waals surface area (Å²) in [5, 5.41) is 9.34. The molecule has 0 amide bonds. The molecule has 1 saturated heterocycles. The van der Waals surface area contributed by atoms with Crippen LogP contribution in [0, 0.1) is 0 Å². The molecule has 1 fully saturated rings. The number of nitrogens with zero attached hydrogens (tertiary/aromatic N) is 2. The standard InChI is InChI=1S/C23H24N2O3/c26-21-15-20(28-17-22(21)27)16-24-11-13-25(14-12-24)23(18-7-3-1-4-8-18)19-9-5-2-6-10-19/h1-10,15,17,23,27H,11-14,16H2. The smallest absolute Gasteiger partial charge is 0.226 e. The summed E-state index contributed by atoms with van der Waals surface area (Å²) in [4.78, 5) is 16.4. The van der Waals surface area contributed by atoms with Gasteiger partial charge < -0.3 is 9.52 Å². The Morgan fingerprint density at radius 2 is 1.46 bits per heavy atom. The van der Waals surface area contributed by atoms with Crippen molar-refractivity contribution < 1.29 is 9.52 Å². The lowest BCUT2D eigenvalue weighted by Crippen LogP contribution is -2.47. The molecule has 0 saturated carbocycles.